The molecule has 0 bridgehead atoms. The smallest absolute Gasteiger partial charge is 0.265 e. The lowest BCUT2D eigenvalue weighted by molar-refractivity contribution is -0.129. The minimum Gasteiger partial charge on any atom is -0.347 e. The Balaban J connectivity index is 1.73. The Labute approximate surface area is 174 Å². The monoisotopic (exact) mass is 403 g/mol. The molecule has 1 saturated heterocycles. The first-order valence-electron chi connectivity index (χ1n) is 9.59. The van der Waals surface area contributed by atoms with Crippen LogP contribution in [0, 0.1) is 0 Å². The SMILES string of the molecule is CCCn1cc(C=C2C(=O)NC(=S)N(Cc3ccccc3)C2=O)c2ccccc21. The summed E-state index contributed by atoms with van der Waals surface area (Å²) in [5, 5.41) is 3.80. The Morgan fingerprint density at radius 3 is 2.52 bits per heavy atom. The molecule has 0 aliphatic carbocycles. The van der Waals surface area contributed by atoms with Crippen LogP contribution < -0.4 is 5.32 Å². The lowest BCUT2D eigenvalue weighted by Crippen LogP contribution is -2.53. The molecular formula is C23H21N3O2S. The number of hydrogen-bond acceptors (Lipinski definition) is 3. The van der Waals surface area contributed by atoms with Crippen LogP contribution in [0.2, 0.25) is 0 Å². The van der Waals surface area contributed by atoms with Gasteiger partial charge in [-0.05, 0) is 36.3 Å². The van der Waals surface area contributed by atoms with Gasteiger partial charge in [-0.1, -0.05) is 55.5 Å². The van der Waals surface area contributed by atoms with Crippen molar-refractivity contribution in [2.45, 2.75) is 26.4 Å². The molecule has 2 amide bonds. The summed E-state index contributed by atoms with van der Waals surface area (Å²) in [6, 6.07) is 17.6. The molecule has 5 nitrogen and oxygen atoms in total. The number of carbonyl (C=O) groups excluding carboxylic acids is 2. The first kappa shape index (κ1) is 19.1. The summed E-state index contributed by atoms with van der Waals surface area (Å²) < 4.78 is 2.15. The van der Waals surface area contributed by atoms with Gasteiger partial charge in [0.25, 0.3) is 11.8 Å². The van der Waals surface area contributed by atoms with Crippen LogP contribution in [0.5, 0.6) is 0 Å². The van der Waals surface area contributed by atoms with Crippen molar-refractivity contribution in [2.24, 2.45) is 0 Å². The topological polar surface area (TPSA) is 54.3 Å². The molecule has 1 aliphatic rings. The summed E-state index contributed by atoms with van der Waals surface area (Å²) in [6.07, 6.45) is 4.66. The molecule has 1 N–H and O–H groups in total. The van der Waals surface area contributed by atoms with E-state index in [1.54, 1.807) is 6.08 Å². The van der Waals surface area contributed by atoms with E-state index in [0.29, 0.717) is 6.54 Å². The molecule has 1 aromatic heterocycles. The van der Waals surface area contributed by atoms with Crippen molar-refractivity contribution in [3.05, 3.63) is 77.5 Å². The minimum absolute atomic E-state index is 0.0916. The number of benzene rings is 2. The van der Waals surface area contributed by atoms with Crippen LogP contribution in [0.4, 0.5) is 0 Å². The Morgan fingerprint density at radius 2 is 1.76 bits per heavy atom. The van der Waals surface area contributed by atoms with Crippen molar-refractivity contribution in [1.82, 2.24) is 14.8 Å². The Kier molecular flexibility index (Phi) is 5.27. The van der Waals surface area contributed by atoms with Crippen molar-refractivity contribution in [3.8, 4) is 0 Å². The Hall–Kier alpha value is -3.25. The number of aromatic nitrogens is 1. The van der Waals surface area contributed by atoms with E-state index < -0.39 is 5.91 Å². The molecule has 6 heteroatoms. The summed E-state index contributed by atoms with van der Waals surface area (Å²) in [5.74, 6) is -0.841. The zero-order valence-electron chi connectivity index (χ0n) is 16.1. The van der Waals surface area contributed by atoms with E-state index in [1.807, 2.05) is 60.8 Å². The fourth-order valence-electron chi connectivity index (χ4n) is 3.58. The maximum Gasteiger partial charge on any atom is 0.265 e. The number of thiocarbonyl (C=S) groups is 1. The van der Waals surface area contributed by atoms with E-state index in [-0.39, 0.29) is 16.6 Å². The van der Waals surface area contributed by atoms with Gasteiger partial charge in [0.05, 0.1) is 6.54 Å². The lowest BCUT2D eigenvalue weighted by Gasteiger charge is -2.29. The van der Waals surface area contributed by atoms with E-state index in [4.69, 9.17) is 12.2 Å². The third-order valence-electron chi connectivity index (χ3n) is 4.95. The summed E-state index contributed by atoms with van der Waals surface area (Å²) in [7, 11) is 0. The molecule has 146 valence electrons. The van der Waals surface area contributed by atoms with Crippen LogP contribution in [-0.2, 0) is 22.7 Å². The van der Waals surface area contributed by atoms with Gasteiger partial charge >= 0.3 is 0 Å². The Morgan fingerprint density at radius 1 is 1.03 bits per heavy atom. The molecule has 1 fully saturated rings. The number of para-hydroxylation sites is 1. The molecule has 3 aromatic rings. The van der Waals surface area contributed by atoms with Crippen molar-refractivity contribution in [2.75, 3.05) is 0 Å². The number of amides is 2. The zero-order valence-corrected chi connectivity index (χ0v) is 16.9. The quantitative estimate of drug-likeness (QED) is 0.400. The molecular weight excluding hydrogens is 382 g/mol. The van der Waals surface area contributed by atoms with E-state index in [2.05, 4.69) is 16.8 Å². The summed E-state index contributed by atoms with van der Waals surface area (Å²) >= 11 is 5.26. The van der Waals surface area contributed by atoms with Gasteiger partial charge in [-0.25, -0.2) is 0 Å². The summed E-state index contributed by atoms with van der Waals surface area (Å²) in [6.45, 7) is 3.30. The molecule has 2 heterocycles. The van der Waals surface area contributed by atoms with Gasteiger partial charge in [0.1, 0.15) is 5.57 Å². The van der Waals surface area contributed by atoms with Crippen molar-refractivity contribution < 1.29 is 9.59 Å². The van der Waals surface area contributed by atoms with E-state index in [1.165, 1.54) is 4.90 Å². The van der Waals surface area contributed by atoms with Crippen LogP contribution >= 0.6 is 12.2 Å². The lowest BCUT2D eigenvalue weighted by atomic mass is 10.1. The molecule has 29 heavy (non-hydrogen) atoms. The van der Waals surface area contributed by atoms with Gasteiger partial charge in [-0.15, -0.1) is 0 Å². The maximum absolute atomic E-state index is 13.1. The second kappa shape index (κ2) is 8.01. The van der Waals surface area contributed by atoms with E-state index in [0.717, 1.165) is 35.0 Å². The predicted octanol–water partition coefficient (Wildman–Crippen LogP) is 3.88. The first-order chi connectivity index (χ1) is 14.1. The van der Waals surface area contributed by atoms with Gasteiger partial charge in [-0.2, -0.15) is 0 Å². The third kappa shape index (κ3) is 3.71. The number of nitrogens with one attached hydrogen (secondary N) is 1. The van der Waals surface area contributed by atoms with Crippen LogP contribution in [-0.4, -0.2) is 26.4 Å². The minimum atomic E-state index is -0.461. The van der Waals surface area contributed by atoms with Crippen LogP contribution in [0.25, 0.3) is 17.0 Å². The second-order valence-corrected chi connectivity index (χ2v) is 7.38. The highest BCUT2D eigenvalue weighted by Gasteiger charge is 2.33. The Bertz CT molecular complexity index is 1130. The number of rotatable bonds is 5. The second-order valence-electron chi connectivity index (χ2n) is 6.99. The molecule has 2 aromatic carbocycles. The largest absolute Gasteiger partial charge is 0.347 e. The number of hydrogen-bond donors (Lipinski definition) is 1. The molecule has 0 radical (unpaired) electrons. The normalized spacial score (nSPS) is 16.0. The standard InChI is InChI=1S/C23H21N3O2S/c1-2-12-25-15-17(18-10-6-7-11-20(18)25)13-19-21(27)24-23(29)26(22(19)28)14-16-8-4-3-5-9-16/h3-11,13,15H,2,12,14H2,1H3,(H,24,27,29). The van der Waals surface area contributed by atoms with Gasteiger partial charge in [0.2, 0.25) is 0 Å². The van der Waals surface area contributed by atoms with Gasteiger partial charge in [0, 0.05) is 29.2 Å². The average molecular weight is 404 g/mol. The highest BCUT2D eigenvalue weighted by molar-refractivity contribution is 7.80. The van der Waals surface area contributed by atoms with Crippen molar-refractivity contribution in [1.29, 1.82) is 0 Å². The maximum atomic E-state index is 13.1. The van der Waals surface area contributed by atoms with E-state index >= 15 is 0 Å². The third-order valence-corrected chi connectivity index (χ3v) is 5.28. The van der Waals surface area contributed by atoms with Crippen molar-refractivity contribution >= 4 is 46.1 Å². The molecule has 0 unspecified atom stereocenters. The highest BCUT2D eigenvalue weighted by atomic mass is 32.1. The van der Waals surface area contributed by atoms with Crippen molar-refractivity contribution in [3.63, 3.8) is 0 Å². The first-order valence-corrected chi connectivity index (χ1v) is 10.00. The van der Waals surface area contributed by atoms with E-state index in [9.17, 15) is 9.59 Å². The van der Waals surface area contributed by atoms with Gasteiger partial charge in [-0.3, -0.25) is 19.8 Å². The highest BCUT2D eigenvalue weighted by Crippen LogP contribution is 2.25. The van der Waals surface area contributed by atoms with Crippen LogP contribution in [0.15, 0.2) is 66.4 Å². The molecule has 0 saturated carbocycles. The summed E-state index contributed by atoms with van der Waals surface area (Å²) in [4.78, 5) is 27.1. The van der Waals surface area contributed by atoms with Crippen LogP contribution in [0.1, 0.15) is 24.5 Å². The van der Waals surface area contributed by atoms with Gasteiger partial charge in [0.15, 0.2) is 5.11 Å². The number of aryl methyl sites for hydroxylation is 1. The predicted molar refractivity (Wildman–Crippen MR) is 118 cm³/mol. The molecule has 0 atom stereocenters. The zero-order chi connectivity index (χ0) is 20.4. The number of carbonyl (C=O) groups is 2. The fraction of sp³-hybridized carbons (Fsp3) is 0.174. The summed E-state index contributed by atoms with van der Waals surface area (Å²) in [5.41, 5.74) is 2.97. The van der Waals surface area contributed by atoms with Gasteiger partial charge < -0.3 is 4.57 Å². The fourth-order valence-corrected chi connectivity index (χ4v) is 3.82. The van der Waals surface area contributed by atoms with Crippen LogP contribution in [0.3, 0.4) is 0 Å². The molecule has 1 aliphatic heterocycles. The average Bonchev–Trinajstić information content (AvgIpc) is 3.07. The number of fused-ring (bicyclic) bond motifs is 1. The number of nitrogens with zero attached hydrogens (tertiary/aromatic N) is 2. The molecule has 4 rings (SSSR count). The molecule has 0 spiro atoms.